The van der Waals surface area contributed by atoms with Gasteiger partial charge in [0, 0.05) is 36.9 Å². The molecule has 204 valence electrons. The Bertz CT molecular complexity index is 607. The van der Waals surface area contributed by atoms with E-state index in [-0.39, 0.29) is 55.1 Å². The number of aliphatic hydroxyl groups excluding tert-OH is 2. The summed E-state index contributed by atoms with van der Waals surface area (Å²) in [5.74, 6) is 1.07. The van der Waals surface area contributed by atoms with E-state index in [4.69, 9.17) is 0 Å². The first-order valence-corrected chi connectivity index (χ1v) is 14.1. The highest BCUT2D eigenvalue weighted by atomic mass is 16.3. The van der Waals surface area contributed by atoms with Gasteiger partial charge in [-0.15, -0.1) is 0 Å². The number of carbonyl (C=O) groups is 2. The van der Waals surface area contributed by atoms with Crippen LogP contribution in [0.1, 0.15) is 125 Å². The van der Waals surface area contributed by atoms with Gasteiger partial charge in [-0.2, -0.15) is 0 Å². The Hall–Kier alpha value is -1.00. The minimum atomic E-state index is -0.0255. The second-order valence-electron chi connectivity index (χ2n) is 12.8. The Morgan fingerprint density at radius 2 is 1.06 bits per heavy atom. The van der Waals surface area contributed by atoms with Crippen molar-refractivity contribution in [1.29, 1.82) is 0 Å². The molecule has 0 aromatic carbocycles. The van der Waals surface area contributed by atoms with Crippen LogP contribution in [-0.2, 0) is 9.59 Å². The van der Waals surface area contributed by atoms with E-state index >= 15 is 0 Å². The number of rotatable bonds is 14. The van der Waals surface area contributed by atoms with Gasteiger partial charge >= 0.3 is 0 Å². The second-order valence-corrected chi connectivity index (χ2v) is 12.8. The molecule has 0 aromatic rings. The summed E-state index contributed by atoms with van der Waals surface area (Å²) in [6, 6.07) is 0. The number of Topliss-reactive ketones (excluding diaryl/α,β-unsaturated/α-hetero) is 2. The fraction of sp³-hybridized carbons (Fsp3) is 0.871. The number of carbonyl (C=O) groups excluding carboxylic acids is 2. The van der Waals surface area contributed by atoms with Crippen molar-refractivity contribution in [3.8, 4) is 0 Å². The predicted molar refractivity (Wildman–Crippen MR) is 146 cm³/mol. The minimum Gasteiger partial charge on any atom is -0.396 e. The van der Waals surface area contributed by atoms with Crippen molar-refractivity contribution in [2.75, 3.05) is 13.2 Å². The summed E-state index contributed by atoms with van der Waals surface area (Å²) in [5.41, 5.74) is -0.0511. The zero-order valence-electron chi connectivity index (χ0n) is 22.5. The van der Waals surface area contributed by atoms with E-state index in [1.807, 2.05) is 0 Å². The average Bonchev–Trinajstić information content (AvgIpc) is 2.81. The van der Waals surface area contributed by atoms with Crippen LogP contribution in [0.2, 0.25) is 0 Å². The van der Waals surface area contributed by atoms with E-state index < -0.39 is 0 Å². The number of allylic oxidation sites excluding steroid dienone is 2. The van der Waals surface area contributed by atoms with Crippen LogP contribution < -0.4 is 0 Å². The molecule has 4 nitrogen and oxygen atoms in total. The molecule has 4 heteroatoms. The molecule has 35 heavy (non-hydrogen) atoms. The summed E-state index contributed by atoms with van der Waals surface area (Å²) >= 11 is 0. The Morgan fingerprint density at radius 3 is 1.40 bits per heavy atom. The minimum absolute atomic E-state index is 0. The monoisotopic (exact) mass is 492 g/mol. The van der Waals surface area contributed by atoms with Crippen molar-refractivity contribution in [3.05, 3.63) is 12.2 Å². The van der Waals surface area contributed by atoms with Gasteiger partial charge in [-0.1, -0.05) is 85.8 Å². The van der Waals surface area contributed by atoms with Crippen molar-refractivity contribution < 1.29 is 19.8 Å². The molecule has 0 aliphatic heterocycles. The lowest BCUT2D eigenvalue weighted by Crippen LogP contribution is -2.29. The van der Waals surface area contributed by atoms with Gasteiger partial charge < -0.3 is 10.2 Å². The summed E-state index contributed by atoms with van der Waals surface area (Å²) in [5, 5.41) is 18.8. The van der Waals surface area contributed by atoms with Crippen molar-refractivity contribution in [2.24, 2.45) is 34.5 Å². The van der Waals surface area contributed by atoms with Gasteiger partial charge in [0.2, 0.25) is 0 Å². The summed E-state index contributed by atoms with van der Waals surface area (Å²) in [4.78, 5) is 26.2. The smallest absolute Gasteiger partial charge is 0.142 e. The quantitative estimate of drug-likeness (QED) is 0.197. The molecule has 2 fully saturated rings. The van der Waals surface area contributed by atoms with Gasteiger partial charge in [0.25, 0.3) is 0 Å². The Morgan fingerprint density at radius 1 is 0.686 bits per heavy atom. The lowest BCUT2D eigenvalue weighted by Gasteiger charge is -2.29. The molecular weight excluding hydrogens is 436 g/mol. The lowest BCUT2D eigenvalue weighted by molar-refractivity contribution is -0.129. The molecule has 0 saturated heterocycles. The van der Waals surface area contributed by atoms with E-state index in [2.05, 4.69) is 39.8 Å². The average molecular weight is 493 g/mol. The SMILES string of the molecule is C.CC(C)(CO)CCCCC1CCCC(/C=C\C2CCCC(CCCCC(C)(C)CO)C2=O)C1=O. The highest BCUT2D eigenvalue weighted by molar-refractivity contribution is 5.87. The molecule has 4 unspecified atom stereocenters. The van der Waals surface area contributed by atoms with Gasteiger partial charge in [-0.25, -0.2) is 0 Å². The third kappa shape index (κ3) is 10.9. The second kappa shape index (κ2) is 15.3. The molecule has 0 radical (unpaired) electrons. The molecule has 4 atom stereocenters. The van der Waals surface area contributed by atoms with Gasteiger partial charge in [0.1, 0.15) is 11.6 Å². The molecule has 0 amide bonds. The van der Waals surface area contributed by atoms with Crippen LogP contribution in [0.4, 0.5) is 0 Å². The number of ketones is 2. The summed E-state index contributed by atoms with van der Waals surface area (Å²) in [6.07, 6.45) is 18.4. The van der Waals surface area contributed by atoms with Crippen molar-refractivity contribution in [2.45, 2.75) is 125 Å². The molecule has 2 N–H and O–H groups in total. The first kappa shape index (κ1) is 32.0. The van der Waals surface area contributed by atoms with Gasteiger partial charge in [-0.05, 0) is 62.2 Å². The third-order valence-corrected chi connectivity index (χ3v) is 8.42. The lowest BCUT2D eigenvalue weighted by atomic mass is 9.75. The fourth-order valence-electron chi connectivity index (χ4n) is 5.71. The van der Waals surface area contributed by atoms with Crippen LogP contribution in [0.3, 0.4) is 0 Å². The predicted octanol–water partition coefficient (Wildman–Crippen LogP) is 7.31. The number of hydrogen-bond donors (Lipinski definition) is 2. The maximum absolute atomic E-state index is 13.1. The zero-order chi connectivity index (χ0) is 25.2. The van der Waals surface area contributed by atoms with E-state index in [0.717, 1.165) is 89.9 Å². The molecule has 2 rings (SSSR count). The maximum Gasteiger partial charge on any atom is 0.142 e. The fourth-order valence-corrected chi connectivity index (χ4v) is 5.71. The summed E-state index contributed by atoms with van der Waals surface area (Å²) < 4.78 is 0. The van der Waals surface area contributed by atoms with E-state index in [1.165, 1.54) is 0 Å². The molecule has 0 heterocycles. The van der Waals surface area contributed by atoms with Crippen LogP contribution in [0.5, 0.6) is 0 Å². The third-order valence-electron chi connectivity index (χ3n) is 8.42. The number of unbranched alkanes of at least 4 members (excludes halogenated alkanes) is 2. The van der Waals surface area contributed by atoms with Gasteiger partial charge in [0.15, 0.2) is 0 Å². The van der Waals surface area contributed by atoms with Crippen LogP contribution in [-0.4, -0.2) is 35.0 Å². The summed E-state index contributed by atoms with van der Waals surface area (Å²) in [7, 11) is 0. The van der Waals surface area contributed by atoms with Crippen LogP contribution in [0.15, 0.2) is 12.2 Å². The van der Waals surface area contributed by atoms with E-state index in [0.29, 0.717) is 11.6 Å². The molecule has 0 bridgehead atoms. The number of aliphatic hydroxyl groups is 2. The highest BCUT2D eigenvalue weighted by Gasteiger charge is 2.32. The Labute approximate surface area is 216 Å². The maximum atomic E-state index is 13.1. The van der Waals surface area contributed by atoms with Crippen molar-refractivity contribution in [3.63, 3.8) is 0 Å². The topological polar surface area (TPSA) is 74.6 Å². The number of hydrogen-bond acceptors (Lipinski definition) is 4. The highest BCUT2D eigenvalue weighted by Crippen LogP contribution is 2.34. The van der Waals surface area contributed by atoms with Crippen molar-refractivity contribution >= 4 is 11.6 Å². The normalized spacial score (nSPS) is 26.2. The first-order valence-electron chi connectivity index (χ1n) is 14.1. The van der Waals surface area contributed by atoms with Crippen LogP contribution in [0, 0.1) is 34.5 Å². The molecule has 2 aliphatic carbocycles. The van der Waals surface area contributed by atoms with Gasteiger partial charge in [0.05, 0.1) is 0 Å². The first-order chi connectivity index (χ1) is 16.1. The zero-order valence-corrected chi connectivity index (χ0v) is 22.5. The molecule has 2 saturated carbocycles. The van der Waals surface area contributed by atoms with Crippen LogP contribution >= 0.6 is 0 Å². The van der Waals surface area contributed by atoms with Crippen molar-refractivity contribution in [1.82, 2.24) is 0 Å². The molecule has 0 spiro atoms. The molecule has 0 aromatic heterocycles. The summed E-state index contributed by atoms with van der Waals surface area (Å²) in [6.45, 7) is 8.79. The Kier molecular flexibility index (Phi) is 14.0. The standard InChI is InChI=1S/C30H52O4.CH4/c1-29(2,21-31)19-7-5-11-23-13-9-15-25(27(23)33)17-18-26-16-10-14-24(28(26)34)12-6-8-20-30(3,4)22-32;/h17-18,23-26,31-32H,5-16,19-22H2,1-4H3;1H4/b18-17-;. The van der Waals surface area contributed by atoms with Gasteiger partial charge in [-0.3, -0.25) is 9.59 Å². The van der Waals surface area contributed by atoms with Crippen LogP contribution in [0.25, 0.3) is 0 Å². The Balaban J connectivity index is 0.00000612. The van der Waals surface area contributed by atoms with E-state index in [1.54, 1.807) is 0 Å². The molecule has 2 aliphatic rings. The largest absolute Gasteiger partial charge is 0.396 e. The van der Waals surface area contributed by atoms with E-state index in [9.17, 15) is 19.8 Å². The molecular formula is C31H56O4.